The molecule has 1 unspecified atom stereocenters. The molecule has 1 aliphatic carbocycles. The van der Waals surface area contributed by atoms with Gasteiger partial charge in [0.1, 0.15) is 0 Å². The molecule has 0 spiro atoms. The number of allylic oxidation sites excluding steroid dienone is 1. The summed E-state index contributed by atoms with van der Waals surface area (Å²) in [6, 6.07) is 8.68. The fraction of sp³-hybridized carbons (Fsp3) is 0.357. The molecule has 0 bridgehead atoms. The highest BCUT2D eigenvalue weighted by molar-refractivity contribution is 5.95. The van der Waals surface area contributed by atoms with Crippen LogP contribution >= 0.6 is 0 Å². The van der Waals surface area contributed by atoms with Crippen molar-refractivity contribution in [1.29, 1.82) is 0 Å². The van der Waals surface area contributed by atoms with Crippen molar-refractivity contribution >= 4 is 11.6 Å². The smallest absolute Gasteiger partial charge is 0.00146 e. The highest BCUT2D eigenvalue weighted by Gasteiger charge is 2.20. The quantitative estimate of drug-likeness (QED) is 0.770. The van der Waals surface area contributed by atoms with Crippen LogP contribution in [0.5, 0.6) is 0 Å². The van der Waals surface area contributed by atoms with E-state index in [1.165, 1.54) is 29.5 Å². The Balaban J connectivity index is 1.66. The SMILES string of the molecule is [CH]1CCNCC1CC1=Cc2ccccc21. The second-order valence-electron chi connectivity index (χ2n) is 4.45. The molecule has 1 atom stereocenters. The number of hydrogen-bond donors (Lipinski definition) is 1. The topological polar surface area (TPSA) is 12.0 Å². The Morgan fingerprint density at radius 1 is 1.27 bits per heavy atom. The van der Waals surface area contributed by atoms with E-state index in [0.29, 0.717) is 0 Å². The highest BCUT2D eigenvalue weighted by atomic mass is 14.9. The third-order valence-corrected chi connectivity index (χ3v) is 3.35. The van der Waals surface area contributed by atoms with Gasteiger partial charge in [-0.25, -0.2) is 0 Å². The summed E-state index contributed by atoms with van der Waals surface area (Å²) in [5, 5.41) is 3.45. The summed E-state index contributed by atoms with van der Waals surface area (Å²) < 4.78 is 0. The van der Waals surface area contributed by atoms with Crippen LogP contribution in [0.2, 0.25) is 0 Å². The Kier molecular flexibility index (Phi) is 2.34. The number of fused-ring (bicyclic) bond motifs is 1. The fourth-order valence-electron chi connectivity index (χ4n) is 2.50. The Morgan fingerprint density at radius 2 is 2.20 bits per heavy atom. The van der Waals surface area contributed by atoms with E-state index in [1.807, 2.05) is 0 Å². The number of rotatable bonds is 2. The first kappa shape index (κ1) is 9.17. The lowest BCUT2D eigenvalue weighted by molar-refractivity contribution is 0.472. The Labute approximate surface area is 91.2 Å². The molecule has 1 heterocycles. The molecule has 1 fully saturated rings. The normalized spacial score (nSPS) is 24.0. The Bertz CT molecular complexity index is 386. The molecule has 1 radical (unpaired) electrons. The minimum absolute atomic E-state index is 0.735. The predicted molar refractivity (Wildman–Crippen MR) is 64.2 cm³/mol. The van der Waals surface area contributed by atoms with Gasteiger partial charge in [-0.1, -0.05) is 30.3 Å². The molecule has 1 aromatic rings. The van der Waals surface area contributed by atoms with Crippen molar-refractivity contribution in [2.24, 2.45) is 5.92 Å². The van der Waals surface area contributed by atoms with E-state index in [4.69, 9.17) is 0 Å². The van der Waals surface area contributed by atoms with Gasteiger partial charge in [-0.15, -0.1) is 0 Å². The Morgan fingerprint density at radius 3 is 3.00 bits per heavy atom. The third-order valence-electron chi connectivity index (χ3n) is 3.35. The van der Waals surface area contributed by atoms with Gasteiger partial charge in [-0.3, -0.25) is 0 Å². The zero-order chi connectivity index (χ0) is 10.1. The number of benzene rings is 1. The maximum atomic E-state index is 3.45. The average Bonchev–Trinajstić information content (AvgIpc) is 2.27. The van der Waals surface area contributed by atoms with Crippen LogP contribution in [0.4, 0.5) is 0 Å². The molecule has 2 aliphatic rings. The van der Waals surface area contributed by atoms with Crippen molar-refractivity contribution in [1.82, 2.24) is 5.32 Å². The minimum Gasteiger partial charge on any atom is -0.316 e. The molecule has 77 valence electrons. The molecule has 1 nitrogen and oxygen atoms in total. The van der Waals surface area contributed by atoms with Gasteiger partial charge in [0.2, 0.25) is 0 Å². The van der Waals surface area contributed by atoms with E-state index >= 15 is 0 Å². The molecule has 0 amide bonds. The van der Waals surface area contributed by atoms with Gasteiger partial charge in [0.05, 0.1) is 0 Å². The third kappa shape index (κ3) is 1.72. The van der Waals surface area contributed by atoms with Gasteiger partial charge >= 0.3 is 0 Å². The van der Waals surface area contributed by atoms with Gasteiger partial charge in [0.15, 0.2) is 0 Å². The largest absolute Gasteiger partial charge is 0.316 e. The van der Waals surface area contributed by atoms with Crippen LogP contribution in [0.1, 0.15) is 24.0 Å². The summed E-state index contributed by atoms with van der Waals surface area (Å²) in [4.78, 5) is 0. The van der Waals surface area contributed by atoms with E-state index < -0.39 is 0 Å². The van der Waals surface area contributed by atoms with Crippen LogP contribution in [0, 0.1) is 12.3 Å². The van der Waals surface area contributed by atoms with Crippen LogP contribution in [0.25, 0.3) is 11.6 Å². The second-order valence-corrected chi connectivity index (χ2v) is 4.45. The lowest BCUT2D eigenvalue weighted by atomic mass is 9.81. The predicted octanol–water partition coefficient (Wildman–Crippen LogP) is 2.74. The summed E-state index contributed by atoms with van der Waals surface area (Å²) >= 11 is 0. The van der Waals surface area contributed by atoms with Crippen molar-refractivity contribution in [3.63, 3.8) is 0 Å². The van der Waals surface area contributed by atoms with E-state index in [1.54, 1.807) is 0 Å². The first-order chi connectivity index (χ1) is 7.43. The van der Waals surface area contributed by atoms with E-state index in [-0.39, 0.29) is 0 Å². The number of piperidine rings is 1. The number of hydrogen-bond acceptors (Lipinski definition) is 1. The van der Waals surface area contributed by atoms with Crippen LogP contribution in [0.15, 0.2) is 24.3 Å². The Hall–Kier alpha value is -1.08. The fourth-order valence-corrected chi connectivity index (χ4v) is 2.50. The second kappa shape index (κ2) is 3.82. The zero-order valence-corrected chi connectivity index (χ0v) is 8.87. The lowest BCUT2D eigenvalue weighted by Crippen LogP contribution is -2.30. The monoisotopic (exact) mass is 198 g/mol. The summed E-state index contributed by atoms with van der Waals surface area (Å²) in [6.45, 7) is 2.31. The molecule has 1 saturated heterocycles. The molecular formula is C14H16N. The summed E-state index contributed by atoms with van der Waals surface area (Å²) in [6.07, 6.45) is 7.24. The molecule has 0 aromatic heterocycles. The van der Waals surface area contributed by atoms with Gasteiger partial charge in [-0.05, 0) is 55.0 Å². The molecule has 3 rings (SSSR count). The molecule has 1 N–H and O–H groups in total. The van der Waals surface area contributed by atoms with Crippen LogP contribution in [-0.2, 0) is 0 Å². The first-order valence-corrected chi connectivity index (χ1v) is 5.77. The van der Waals surface area contributed by atoms with E-state index in [0.717, 1.165) is 19.0 Å². The van der Waals surface area contributed by atoms with Gasteiger partial charge in [-0.2, -0.15) is 0 Å². The standard InChI is InChI=1S/C14H16N/c1-2-6-14-12(5-1)9-13(14)8-11-4-3-7-15-10-11/h1-2,4-6,9,11,15H,3,7-8,10H2. The minimum atomic E-state index is 0.735. The summed E-state index contributed by atoms with van der Waals surface area (Å²) in [5.74, 6) is 0.735. The lowest BCUT2D eigenvalue weighted by Gasteiger charge is -2.27. The maximum absolute atomic E-state index is 3.45. The van der Waals surface area contributed by atoms with E-state index in [9.17, 15) is 0 Å². The van der Waals surface area contributed by atoms with Gasteiger partial charge in [0, 0.05) is 0 Å². The van der Waals surface area contributed by atoms with Crippen LogP contribution in [0.3, 0.4) is 0 Å². The summed E-state index contributed by atoms with van der Waals surface area (Å²) in [7, 11) is 0. The molecule has 1 aromatic carbocycles. The van der Waals surface area contributed by atoms with Crippen LogP contribution < -0.4 is 5.32 Å². The van der Waals surface area contributed by atoms with Crippen molar-refractivity contribution in [3.05, 3.63) is 41.8 Å². The maximum Gasteiger partial charge on any atom is -0.00146 e. The number of nitrogens with one attached hydrogen (secondary N) is 1. The molecule has 1 aliphatic heterocycles. The molecule has 1 heteroatoms. The summed E-state index contributed by atoms with van der Waals surface area (Å²) in [5.41, 5.74) is 4.42. The molecule has 0 saturated carbocycles. The zero-order valence-electron chi connectivity index (χ0n) is 8.87. The van der Waals surface area contributed by atoms with Crippen molar-refractivity contribution in [2.45, 2.75) is 12.8 Å². The van der Waals surface area contributed by atoms with Crippen molar-refractivity contribution in [3.8, 4) is 0 Å². The van der Waals surface area contributed by atoms with E-state index in [2.05, 4.69) is 42.1 Å². The van der Waals surface area contributed by atoms with Gasteiger partial charge < -0.3 is 5.32 Å². The highest BCUT2D eigenvalue weighted by Crippen LogP contribution is 2.37. The molecular weight excluding hydrogens is 182 g/mol. The van der Waals surface area contributed by atoms with Crippen molar-refractivity contribution < 1.29 is 0 Å². The average molecular weight is 198 g/mol. The van der Waals surface area contributed by atoms with Gasteiger partial charge in [0.25, 0.3) is 0 Å². The van der Waals surface area contributed by atoms with Crippen molar-refractivity contribution in [2.75, 3.05) is 13.1 Å². The first-order valence-electron chi connectivity index (χ1n) is 5.77. The van der Waals surface area contributed by atoms with Crippen LogP contribution in [-0.4, -0.2) is 13.1 Å². The molecule has 15 heavy (non-hydrogen) atoms.